The lowest BCUT2D eigenvalue weighted by atomic mass is 10.1. The zero-order valence-corrected chi connectivity index (χ0v) is 16.7. The highest BCUT2D eigenvalue weighted by Crippen LogP contribution is 2.29. The number of thiazole rings is 1. The number of aryl methyl sites for hydroxylation is 1. The van der Waals surface area contributed by atoms with Gasteiger partial charge in [0.2, 0.25) is 0 Å². The van der Waals surface area contributed by atoms with E-state index >= 15 is 0 Å². The van der Waals surface area contributed by atoms with Gasteiger partial charge in [-0.05, 0) is 37.3 Å². The van der Waals surface area contributed by atoms with Crippen LogP contribution in [0.15, 0.2) is 47.2 Å². The van der Waals surface area contributed by atoms with Gasteiger partial charge in [-0.2, -0.15) is 11.3 Å². The van der Waals surface area contributed by atoms with Crippen LogP contribution in [0.5, 0.6) is 0 Å². The standard InChI is InChI=1S/C20H20N2O3S2/c1-13-17(27-19(22-13)16-9-11-26-12-16)20(24)25-14(2)18(23)21-10-8-15-6-4-3-5-7-15/h3-7,9,11-12,14H,8,10H2,1-2H3,(H,21,23)/t14-/m0/s1. The molecule has 0 unspecified atom stereocenters. The molecule has 140 valence electrons. The Balaban J connectivity index is 1.53. The lowest BCUT2D eigenvalue weighted by Gasteiger charge is -2.13. The SMILES string of the molecule is Cc1nc(-c2ccsc2)sc1C(=O)O[C@@H](C)C(=O)NCCc1ccccc1. The Labute approximate surface area is 166 Å². The smallest absolute Gasteiger partial charge is 0.351 e. The van der Waals surface area contributed by atoms with E-state index in [4.69, 9.17) is 4.74 Å². The molecule has 0 aliphatic carbocycles. The molecule has 3 rings (SSSR count). The minimum absolute atomic E-state index is 0.306. The fourth-order valence-corrected chi connectivity index (χ4v) is 4.14. The molecule has 1 aromatic carbocycles. The van der Waals surface area contributed by atoms with Crippen LogP contribution in [0.2, 0.25) is 0 Å². The molecule has 1 amide bonds. The summed E-state index contributed by atoms with van der Waals surface area (Å²) in [6, 6.07) is 11.8. The van der Waals surface area contributed by atoms with Crippen molar-refractivity contribution in [2.24, 2.45) is 0 Å². The van der Waals surface area contributed by atoms with Crippen molar-refractivity contribution in [3.05, 3.63) is 63.3 Å². The number of hydrogen-bond acceptors (Lipinski definition) is 6. The third kappa shape index (κ3) is 5.02. The summed E-state index contributed by atoms with van der Waals surface area (Å²) in [6.07, 6.45) is -0.134. The van der Waals surface area contributed by atoms with Crippen LogP contribution in [0, 0.1) is 6.92 Å². The lowest BCUT2D eigenvalue weighted by Crippen LogP contribution is -2.36. The first-order chi connectivity index (χ1) is 13.0. The summed E-state index contributed by atoms with van der Waals surface area (Å²) < 4.78 is 5.33. The molecule has 1 atom stereocenters. The Morgan fingerprint density at radius 3 is 2.70 bits per heavy atom. The molecule has 0 saturated heterocycles. The Hall–Kier alpha value is -2.51. The Morgan fingerprint density at radius 2 is 2.00 bits per heavy atom. The van der Waals surface area contributed by atoms with Crippen molar-refractivity contribution in [2.75, 3.05) is 6.54 Å². The van der Waals surface area contributed by atoms with Gasteiger partial charge in [-0.3, -0.25) is 4.79 Å². The second-order valence-corrected chi connectivity index (χ2v) is 7.80. The highest BCUT2D eigenvalue weighted by atomic mass is 32.1. The van der Waals surface area contributed by atoms with E-state index in [0.717, 1.165) is 22.6 Å². The predicted octanol–water partition coefficient (Wildman–Crippen LogP) is 4.08. The van der Waals surface area contributed by atoms with Gasteiger partial charge in [0.05, 0.1) is 5.69 Å². The highest BCUT2D eigenvalue weighted by Gasteiger charge is 2.23. The molecule has 0 radical (unpaired) electrons. The van der Waals surface area contributed by atoms with Crippen molar-refractivity contribution < 1.29 is 14.3 Å². The molecule has 1 N–H and O–H groups in total. The Morgan fingerprint density at radius 1 is 1.22 bits per heavy atom. The van der Waals surface area contributed by atoms with Gasteiger partial charge in [0.1, 0.15) is 9.88 Å². The summed E-state index contributed by atoms with van der Waals surface area (Å²) in [6.45, 7) is 3.84. The molecule has 3 aromatic rings. The average molecular weight is 401 g/mol. The third-order valence-corrected chi connectivity index (χ3v) is 5.83. The van der Waals surface area contributed by atoms with Gasteiger partial charge in [-0.25, -0.2) is 9.78 Å². The second kappa shape index (κ2) is 8.92. The van der Waals surface area contributed by atoms with E-state index in [1.165, 1.54) is 11.3 Å². The van der Waals surface area contributed by atoms with Crippen molar-refractivity contribution in [3.8, 4) is 10.6 Å². The zero-order valence-electron chi connectivity index (χ0n) is 15.1. The number of nitrogens with one attached hydrogen (secondary N) is 1. The monoisotopic (exact) mass is 400 g/mol. The summed E-state index contributed by atoms with van der Waals surface area (Å²) in [5, 5.41) is 7.53. The van der Waals surface area contributed by atoms with Gasteiger partial charge in [0.25, 0.3) is 5.91 Å². The minimum atomic E-state index is -0.862. The number of carbonyl (C=O) groups excluding carboxylic acids is 2. The van der Waals surface area contributed by atoms with E-state index in [1.807, 2.05) is 47.2 Å². The maximum absolute atomic E-state index is 12.4. The number of aromatic nitrogens is 1. The van der Waals surface area contributed by atoms with E-state index < -0.39 is 12.1 Å². The van der Waals surface area contributed by atoms with Crippen LogP contribution in [0.3, 0.4) is 0 Å². The van der Waals surface area contributed by atoms with Gasteiger partial charge in [0.15, 0.2) is 6.10 Å². The number of thiophene rings is 1. The van der Waals surface area contributed by atoms with Gasteiger partial charge in [0, 0.05) is 17.5 Å². The second-order valence-electron chi connectivity index (χ2n) is 6.02. The molecule has 0 spiro atoms. The molecular formula is C20H20N2O3S2. The molecule has 0 bridgehead atoms. The van der Waals surface area contributed by atoms with Gasteiger partial charge >= 0.3 is 5.97 Å². The number of amides is 1. The van der Waals surface area contributed by atoms with Gasteiger partial charge in [-0.15, -0.1) is 11.3 Å². The zero-order chi connectivity index (χ0) is 19.2. The molecular weight excluding hydrogens is 380 g/mol. The maximum Gasteiger partial charge on any atom is 0.351 e. The van der Waals surface area contributed by atoms with Crippen LogP contribution in [0.4, 0.5) is 0 Å². The van der Waals surface area contributed by atoms with Crippen LogP contribution in [-0.4, -0.2) is 29.5 Å². The molecule has 0 saturated carbocycles. The summed E-state index contributed by atoms with van der Waals surface area (Å²) in [5.41, 5.74) is 2.74. The molecule has 5 nitrogen and oxygen atoms in total. The molecule has 0 fully saturated rings. The first-order valence-electron chi connectivity index (χ1n) is 8.57. The summed E-state index contributed by atoms with van der Waals surface area (Å²) in [4.78, 5) is 29.5. The number of carbonyl (C=O) groups is 2. The first-order valence-corrected chi connectivity index (χ1v) is 10.3. The largest absolute Gasteiger partial charge is 0.448 e. The quantitative estimate of drug-likeness (QED) is 0.607. The lowest BCUT2D eigenvalue weighted by molar-refractivity contribution is -0.129. The van der Waals surface area contributed by atoms with Crippen molar-refractivity contribution >= 4 is 34.6 Å². The maximum atomic E-state index is 12.4. The number of esters is 1. The molecule has 0 aliphatic heterocycles. The molecule has 2 aromatic heterocycles. The summed E-state index contributed by atoms with van der Waals surface area (Å²) in [7, 11) is 0. The van der Waals surface area contributed by atoms with Crippen LogP contribution in [0.1, 0.15) is 27.9 Å². The van der Waals surface area contributed by atoms with Crippen molar-refractivity contribution in [1.82, 2.24) is 10.3 Å². The van der Waals surface area contributed by atoms with Crippen molar-refractivity contribution in [2.45, 2.75) is 26.4 Å². The molecule has 7 heteroatoms. The van der Waals surface area contributed by atoms with Crippen LogP contribution in [-0.2, 0) is 16.0 Å². The molecule has 2 heterocycles. The normalized spacial score (nSPS) is 11.8. The van der Waals surface area contributed by atoms with Gasteiger partial charge in [-0.1, -0.05) is 30.3 Å². The van der Waals surface area contributed by atoms with E-state index in [0.29, 0.717) is 17.1 Å². The van der Waals surface area contributed by atoms with E-state index in [2.05, 4.69) is 10.3 Å². The Kier molecular flexibility index (Phi) is 6.36. The fraction of sp³-hybridized carbons (Fsp3) is 0.250. The van der Waals surface area contributed by atoms with E-state index in [1.54, 1.807) is 25.2 Å². The van der Waals surface area contributed by atoms with Crippen LogP contribution < -0.4 is 5.32 Å². The predicted molar refractivity (Wildman–Crippen MR) is 108 cm³/mol. The van der Waals surface area contributed by atoms with Gasteiger partial charge < -0.3 is 10.1 Å². The topological polar surface area (TPSA) is 68.3 Å². The average Bonchev–Trinajstić information content (AvgIpc) is 3.32. The Bertz CT molecular complexity index is 905. The van der Waals surface area contributed by atoms with Crippen LogP contribution in [0.25, 0.3) is 10.6 Å². The third-order valence-electron chi connectivity index (χ3n) is 3.96. The number of hydrogen-bond donors (Lipinski definition) is 1. The highest BCUT2D eigenvalue weighted by molar-refractivity contribution is 7.17. The summed E-state index contributed by atoms with van der Waals surface area (Å²) in [5.74, 6) is -0.823. The first kappa shape index (κ1) is 19.3. The molecule has 27 heavy (non-hydrogen) atoms. The van der Waals surface area contributed by atoms with E-state index in [-0.39, 0.29) is 5.91 Å². The number of rotatable bonds is 7. The van der Waals surface area contributed by atoms with Crippen molar-refractivity contribution in [1.29, 1.82) is 0 Å². The minimum Gasteiger partial charge on any atom is -0.448 e. The number of ether oxygens (including phenoxy) is 1. The summed E-state index contributed by atoms with van der Waals surface area (Å²) >= 11 is 2.86. The number of benzene rings is 1. The van der Waals surface area contributed by atoms with Crippen molar-refractivity contribution in [3.63, 3.8) is 0 Å². The van der Waals surface area contributed by atoms with Crippen LogP contribution >= 0.6 is 22.7 Å². The fourth-order valence-electron chi connectivity index (χ4n) is 2.48. The number of nitrogens with zero attached hydrogens (tertiary/aromatic N) is 1. The molecule has 0 aliphatic rings. The van der Waals surface area contributed by atoms with E-state index in [9.17, 15) is 9.59 Å².